The molecule has 7 heteroatoms. The van der Waals surface area contributed by atoms with Crippen molar-refractivity contribution in [3.63, 3.8) is 0 Å². The Morgan fingerprint density at radius 1 is 0.914 bits per heavy atom. The van der Waals surface area contributed by atoms with Gasteiger partial charge in [-0.25, -0.2) is 9.59 Å². The van der Waals surface area contributed by atoms with Gasteiger partial charge in [0.15, 0.2) is 0 Å². The van der Waals surface area contributed by atoms with Crippen molar-refractivity contribution in [2.75, 3.05) is 13.2 Å². The Hall–Kier alpha value is -4.39. The largest absolute Gasteiger partial charge is 0.458 e. The molecule has 3 aromatic rings. The third-order valence-corrected chi connectivity index (χ3v) is 5.81. The lowest BCUT2D eigenvalue weighted by molar-refractivity contribution is -0.138. The Balaban J connectivity index is 2.02. The highest BCUT2D eigenvalue weighted by molar-refractivity contribution is 6.02. The number of esters is 2. The minimum absolute atomic E-state index is 0.00344. The quantitative estimate of drug-likeness (QED) is 0.305. The number of hydrogen-bond donors (Lipinski definition) is 1. The van der Waals surface area contributed by atoms with Crippen LogP contribution in [0, 0.1) is 0 Å². The van der Waals surface area contributed by atoms with Gasteiger partial charge in [0, 0.05) is 17.0 Å². The van der Waals surface area contributed by atoms with Gasteiger partial charge >= 0.3 is 11.9 Å². The topological polar surface area (TPSA) is 94.8 Å². The lowest BCUT2D eigenvalue weighted by Crippen LogP contribution is -2.32. The molecule has 4 rings (SSSR count). The SMILES string of the molecule is C=CCOC(=O)C1=C(C)NC(C)=C(C(=O)OCC=C)C1c1cccc2c(=O)c3ccccc3oc12. The van der Waals surface area contributed by atoms with Gasteiger partial charge in [-0.2, -0.15) is 0 Å². The monoisotopic (exact) mass is 471 g/mol. The van der Waals surface area contributed by atoms with Crippen LogP contribution in [0.15, 0.2) is 99.5 Å². The van der Waals surface area contributed by atoms with E-state index in [1.54, 1.807) is 56.3 Å². The number of carbonyl (C=O) groups excluding carboxylic acids is 2. The predicted molar refractivity (Wildman–Crippen MR) is 134 cm³/mol. The molecule has 0 bridgehead atoms. The summed E-state index contributed by atoms with van der Waals surface area (Å²) in [6.07, 6.45) is 2.92. The minimum Gasteiger partial charge on any atom is -0.458 e. The van der Waals surface area contributed by atoms with E-state index in [1.807, 2.05) is 0 Å². The van der Waals surface area contributed by atoms with E-state index in [0.717, 1.165) is 0 Å². The van der Waals surface area contributed by atoms with Crippen LogP contribution in [0.1, 0.15) is 25.3 Å². The Kier molecular flexibility index (Phi) is 6.68. The molecule has 0 amide bonds. The standard InChI is InChI=1S/C28H25NO6/c1-5-14-33-27(31)22-16(3)29-17(4)23(28(32)34-15-6-2)24(22)19-11-9-12-20-25(30)18-10-7-8-13-21(18)35-26(19)20/h5-13,24,29H,1-2,14-15H2,3-4H3. The molecule has 0 fully saturated rings. The predicted octanol–water partition coefficient (Wildman–Crippen LogP) is 4.64. The third-order valence-electron chi connectivity index (χ3n) is 5.81. The smallest absolute Gasteiger partial charge is 0.337 e. The van der Waals surface area contributed by atoms with Gasteiger partial charge in [0.05, 0.1) is 27.8 Å². The maximum Gasteiger partial charge on any atom is 0.337 e. The molecular formula is C28H25NO6. The molecule has 1 aliphatic rings. The van der Waals surface area contributed by atoms with Crippen LogP contribution < -0.4 is 10.7 Å². The van der Waals surface area contributed by atoms with E-state index < -0.39 is 17.9 Å². The average Bonchev–Trinajstić information content (AvgIpc) is 2.85. The molecule has 0 atom stereocenters. The number of ether oxygens (including phenoxy) is 2. The molecule has 0 saturated heterocycles. The van der Waals surface area contributed by atoms with Crippen LogP contribution in [0.3, 0.4) is 0 Å². The fourth-order valence-electron chi connectivity index (χ4n) is 4.34. The number of rotatable bonds is 7. The fraction of sp³-hybridized carbons (Fsp3) is 0.179. The van der Waals surface area contributed by atoms with Gasteiger partial charge in [-0.15, -0.1) is 0 Å². The van der Waals surface area contributed by atoms with Gasteiger partial charge in [0.25, 0.3) is 0 Å². The minimum atomic E-state index is -0.904. The van der Waals surface area contributed by atoms with Crippen LogP contribution >= 0.6 is 0 Å². The summed E-state index contributed by atoms with van der Waals surface area (Å²) < 4.78 is 16.9. The van der Waals surface area contributed by atoms with E-state index in [4.69, 9.17) is 13.9 Å². The molecule has 0 saturated carbocycles. The number of carbonyl (C=O) groups is 2. The first-order valence-electron chi connectivity index (χ1n) is 11.1. The number of fused-ring (bicyclic) bond motifs is 2. The summed E-state index contributed by atoms with van der Waals surface area (Å²) in [6, 6.07) is 12.0. The van der Waals surface area contributed by atoms with Crippen LogP contribution in [-0.2, 0) is 19.1 Å². The number of dihydropyridines is 1. The highest BCUT2D eigenvalue weighted by Crippen LogP contribution is 2.42. The van der Waals surface area contributed by atoms with E-state index in [0.29, 0.717) is 33.3 Å². The Labute approximate surface area is 202 Å². The molecule has 1 aliphatic heterocycles. The zero-order chi connectivity index (χ0) is 25.1. The third kappa shape index (κ3) is 4.28. The molecule has 35 heavy (non-hydrogen) atoms. The van der Waals surface area contributed by atoms with E-state index in [2.05, 4.69) is 18.5 Å². The summed E-state index contributed by atoms with van der Waals surface area (Å²) in [5.41, 5.74) is 2.42. The van der Waals surface area contributed by atoms with E-state index in [-0.39, 0.29) is 35.4 Å². The van der Waals surface area contributed by atoms with Crippen molar-refractivity contribution in [2.24, 2.45) is 0 Å². The van der Waals surface area contributed by atoms with Crippen LogP contribution in [0.4, 0.5) is 0 Å². The molecule has 0 spiro atoms. The molecule has 1 N–H and O–H groups in total. The second kappa shape index (κ2) is 9.85. The molecule has 2 heterocycles. The molecular weight excluding hydrogens is 446 g/mol. The Morgan fingerprint density at radius 3 is 2.09 bits per heavy atom. The number of allylic oxidation sites excluding steroid dienone is 2. The van der Waals surface area contributed by atoms with Gasteiger partial charge in [-0.05, 0) is 32.0 Å². The summed E-state index contributed by atoms with van der Waals surface area (Å²) in [7, 11) is 0. The molecule has 0 unspecified atom stereocenters. The van der Waals surface area contributed by atoms with Crippen molar-refractivity contribution < 1.29 is 23.5 Å². The second-order valence-electron chi connectivity index (χ2n) is 8.06. The first kappa shape index (κ1) is 23.8. The molecule has 178 valence electrons. The first-order chi connectivity index (χ1) is 16.9. The van der Waals surface area contributed by atoms with Crippen LogP contribution in [-0.4, -0.2) is 25.2 Å². The van der Waals surface area contributed by atoms with Crippen molar-refractivity contribution in [2.45, 2.75) is 19.8 Å². The first-order valence-corrected chi connectivity index (χ1v) is 11.1. The maximum atomic E-state index is 13.3. The van der Waals surface area contributed by atoms with E-state index in [1.165, 1.54) is 12.2 Å². The molecule has 2 aromatic carbocycles. The van der Waals surface area contributed by atoms with Crippen LogP contribution in [0.5, 0.6) is 0 Å². The lowest BCUT2D eigenvalue weighted by Gasteiger charge is -2.30. The van der Waals surface area contributed by atoms with E-state index in [9.17, 15) is 14.4 Å². The van der Waals surface area contributed by atoms with Crippen molar-refractivity contribution in [3.05, 3.63) is 106 Å². The number of nitrogens with one attached hydrogen (secondary N) is 1. The van der Waals surface area contributed by atoms with Gasteiger partial charge in [0.2, 0.25) is 5.43 Å². The Bertz CT molecular complexity index is 1440. The van der Waals surface area contributed by atoms with Crippen molar-refractivity contribution >= 4 is 33.9 Å². The fourth-order valence-corrected chi connectivity index (χ4v) is 4.34. The molecule has 0 radical (unpaired) electrons. The summed E-state index contributed by atoms with van der Waals surface area (Å²) in [4.78, 5) is 39.7. The summed E-state index contributed by atoms with van der Waals surface area (Å²) in [5.74, 6) is -2.15. The highest BCUT2D eigenvalue weighted by Gasteiger charge is 2.39. The van der Waals surface area contributed by atoms with Crippen molar-refractivity contribution in [3.8, 4) is 0 Å². The molecule has 7 nitrogen and oxygen atoms in total. The van der Waals surface area contributed by atoms with E-state index >= 15 is 0 Å². The van der Waals surface area contributed by atoms with Crippen molar-refractivity contribution in [1.82, 2.24) is 5.32 Å². The number of benzene rings is 2. The highest BCUT2D eigenvalue weighted by atomic mass is 16.5. The molecule has 1 aromatic heterocycles. The van der Waals surface area contributed by atoms with Crippen LogP contribution in [0.2, 0.25) is 0 Å². The lowest BCUT2D eigenvalue weighted by atomic mass is 9.79. The maximum absolute atomic E-state index is 13.3. The zero-order valence-corrected chi connectivity index (χ0v) is 19.6. The average molecular weight is 472 g/mol. The summed E-state index contributed by atoms with van der Waals surface area (Å²) in [6.45, 7) is 10.6. The van der Waals surface area contributed by atoms with Crippen LogP contribution in [0.25, 0.3) is 21.9 Å². The van der Waals surface area contributed by atoms with Gasteiger partial charge in [-0.1, -0.05) is 49.6 Å². The van der Waals surface area contributed by atoms with Gasteiger partial charge in [-0.3, -0.25) is 4.79 Å². The van der Waals surface area contributed by atoms with Gasteiger partial charge < -0.3 is 19.2 Å². The number of para-hydroxylation sites is 2. The molecule has 0 aliphatic carbocycles. The normalized spacial score (nSPS) is 14.1. The van der Waals surface area contributed by atoms with Crippen molar-refractivity contribution in [1.29, 1.82) is 0 Å². The zero-order valence-electron chi connectivity index (χ0n) is 19.6. The summed E-state index contributed by atoms with van der Waals surface area (Å²) in [5, 5.41) is 3.88. The Morgan fingerprint density at radius 2 is 1.49 bits per heavy atom. The number of hydrogen-bond acceptors (Lipinski definition) is 7. The summed E-state index contributed by atoms with van der Waals surface area (Å²) >= 11 is 0. The van der Waals surface area contributed by atoms with Gasteiger partial charge in [0.1, 0.15) is 24.4 Å². The second-order valence-corrected chi connectivity index (χ2v) is 8.06.